The van der Waals surface area contributed by atoms with Crippen molar-refractivity contribution >= 4 is 22.8 Å². The van der Waals surface area contributed by atoms with Gasteiger partial charge in [-0.05, 0) is 30.5 Å². The first-order valence-corrected chi connectivity index (χ1v) is 7.60. The van der Waals surface area contributed by atoms with E-state index in [0.29, 0.717) is 11.5 Å². The number of pyridine rings is 1. The van der Waals surface area contributed by atoms with E-state index in [2.05, 4.69) is 20.1 Å². The minimum atomic E-state index is 0.532. The number of aromatic amines is 1. The van der Waals surface area contributed by atoms with E-state index in [9.17, 15) is 4.79 Å². The molecular weight excluding hydrogens is 290 g/mol. The number of carbonyl (C=O) groups excluding carboxylic acids is 1. The van der Waals surface area contributed by atoms with Crippen LogP contribution < -0.4 is 0 Å². The van der Waals surface area contributed by atoms with E-state index in [4.69, 9.17) is 0 Å². The van der Waals surface area contributed by atoms with E-state index >= 15 is 0 Å². The first-order chi connectivity index (χ1) is 11.3. The Morgan fingerprint density at radius 2 is 2.22 bits per heavy atom. The SMILES string of the molecule is O=Cc1cnn2ccc(-c3c[nH]c4nc(C5CC5)ncc34)cc12. The van der Waals surface area contributed by atoms with Gasteiger partial charge in [-0.1, -0.05) is 0 Å². The van der Waals surface area contributed by atoms with Crippen molar-refractivity contribution in [2.24, 2.45) is 0 Å². The fourth-order valence-electron chi connectivity index (χ4n) is 2.96. The van der Waals surface area contributed by atoms with Gasteiger partial charge in [-0.15, -0.1) is 0 Å². The van der Waals surface area contributed by atoms with Crippen LogP contribution in [-0.2, 0) is 0 Å². The maximum absolute atomic E-state index is 11.1. The molecule has 0 radical (unpaired) electrons. The third-order valence-corrected chi connectivity index (χ3v) is 4.38. The average Bonchev–Trinajstić information content (AvgIpc) is 3.23. The molecule has 0 aromatic carbocycles. The van der Waals surface area contributed by atoms with Gasteiger partial charge in [-0.25, -0.2) is 14.5 Å². The zero-order valence-electron chi connectivity index (χ0n) is 12.2. The fraction of sp³-hybridized carbons (Fsp3) is 0.176. The Balaban J connectivity index is 1.68. The number of aromatic nitrogens is 5. The summed E-state index contributed by atoms with van der Waals surface area (Å²) in [7, 11) is 0. The number of nitrogens with one attached hydrogen (secondary N) is 1. The molecule has 4 heterocycles. The lowest BCUT2D eigenvalue weighted by atomic mass is 10.1. The van der Waals surface area contributed by atoms with Gasteiger partial charge in [-0.3, -0.25) is 4.79 Å². The second kappa shape index (κ2) is 4.49. The molecule has 0 bridgehead atoms. The molecule has 4 aromatic rings. The lowest BCUT2D eigenvalue weighted by Crippen LogP contribution is -1.92. The molecule has 112 valence electrons. The van der Waals surface area contributed by atoms with E-state index in [0.717, 1.165) is 39.8 Å². The number of nitrogens with zero attached hydrogens (tertiary/aromatic N) is 4. The second-order valence-corrected chi connectivity index (χ2v) is 5.93. The summed E-state index contributed by atoms with van der Waals surface area (Å²) in [6.45, 7) is 0. The zero-order valence-corrected chi connectivity index (χ0v) is 12.2. The molecule has 0 atom stereocenters. The van der Waals surface area contributed by atoms with Crippen LogP contribution in [-0.4, -0.2) is 30.9 Å². The first-order valence-electron chi connectivity index (χ1n) is 7.60. The van der Waals surface area contributed by atoms with Crippen molar-refractivity contribution in [3.8, 4) is 11.1 Å². The predicted octanol–water partition coefficient (Wildman–Crippen LogP) is 2.96. The second-order valence-electron chi connectivity index (χ2n) is 5.93. The minimum Gasteiger partial charge on any atom is -0.345 e. The monoisotopic (exact) mass is 303 g/mol. The van der Waals surface area contributed by atoms with Gasteiger partial charge < -0.3 is 4.98 Å². The third-order valence-electron chi connectivity index (χ3n) is 4.38. The summed E-state index contributed by atoms with van der Waals surface area (Å²) in [6.07, 6.45) is 10.5. The Bertz CT molecular complexity index is 1060. The quantitative estimate of drug-likeness (QED) is 0.590. The van der Waals surface area contributed by atoms with Gasteiger partial charge in [0.15, 0.2) is 6.29 Å². The standard InChI is InChI=1S/C17H13N5O/c23-9-12-6-20-22-4-3-11(5-15(12)22)13-7-19-17-14(13)8-18-16(21-17)10-1-2-10/h3-10H,1-2H2,(H,18,19,21). The maximum Gasteiger partial charge on any atom is 0.153 e. The summed E-state index contributed by atoms with van der Waals surface area (Å²) in [4.78, 5) is 23.5. The molecule has 1 aliphatic carbocycles. The smallest absolute Gasteiger partial charge is 0.153 e. The van der Waals surface area contributed by atoms with E-state index < -0.39 is 0 Å². The number of hydrogen-bond donors (Lipinski definition) is 1. The van der Waals surface area contributed by atoms with Crippen molar-refractivity contribution in [1.29, 1.82) is 0 Å². The number of aldehydes is 1. The van der Waals surface area contributed by atoms with Crippen molar-refractivity contribution in [1.82, 2.24) is 24.6 Å². The van der Waals surface area contributed by atoms with Gasteiger partial charge >= 0.3 is 0 Å². The van der Waals surface area contributed by atoms with Gasteiger partial charge in [0.05, 0.1) is 17.3 Å². The van der Waals surface area contributed by atoms with Crippen LogP contribution in [0.15, 0.2) is 36.9 Å². The van der Waals surface area contributed by atoms with E-state index in [-0.39, 0.29) is 0 Å². The fourth-order valence-corrected chi connectivity index (χ4v) is 2.96. The summed E-state index contributed by atoms with van der Waals surface area (Å²) < 4.78 is 1.70. The van der Waals surface area contributed by atoms with E-state index in [1.807, 2.05) is 30.7 Å². The molecule has 0 saturated heterocycles. The van der Waals surface area contributed by atoms with E-state index in [1.54, 1.807) is 10.7 Å². The van der Waals surface area contributed by atoms with Gasteiger partial charge in [0.25, 0.3) is 0 Å². The third kappa shape index (κ3) is 1.88. The highest BCUT2D eigenvalue weighted by atomic mass is 16.1. The molecule has 0 aliphatic heterocycles. The largest absolute Gasteiger partial charge is 0.345 e. The number of fused-ring (bicyclic) bond motifs is 2. The minimum absolute atomic E-state index is 0.532. The molecule has 4 aromatic heterocycles. The Morgan fingerprint density at radius 3 is 3.04 bits per heavy atom. The molecule has 0 amide bonds. The number of H-pyrrole nitrogens is 1. The number of hydrogen-bond acceptors (Lipinski definition) is 4. The van der Waals surface area contributed by atoms with Gasteiger partial charge in [-0.2, -0.15) is 5.10 Å². The number of carbonyl (C=O) groups is 1. The first kappa shape index (κ1) is 12.5. The normalized spacial score (nSPS) is 14.6. The van der Waals surface area contributed by atoms with Crippen LogP contribution in [0.1, 0.15) is 34.9 Å². The van der Waals surface area contributed by atoms with Crippen LogP contribution in [0.4, 0.5) is 0 Å². The molecule has 1 fully saturated rings. The molecule has 1 aliphatic rings. The van der Waals surface area contributed by atoms with Gasteiger partial charge in [0, 0.05) is 35.5 Å². The Hall–Kier alpha value is -3.02. The Kier molecular flexibility index (Phi) is 2.44. The topological polar surface area (TPSA) is 75.9 Å². The molecule has 1 saturated carbocycles. The highest BCUT2D eigenvalue weighted by Gasteiger charge is 2.27. The van der Waals surface area contributed by atoms with Crippen molar-refractivity contribution in [3.63, 3.8) is 0 Å². The molecule has 0 spiro atoms. The van der Waals surface area contributed by atoms with Crippen molar-refractivity contribution in [3.05, 3.63) is 48.3 Å². The molecule has 6 heteroatoms. The predicted molar refractivity (Wildman–Crippen MR) is 85.4 cm³/mol. The summed E-state index contributed by atoms with van der Waals surface area (Å²) in [5.41, 5.74) is 4.28. The van der Waals surface area contributed by atoms with Crippen LogP contribution in [0.2, 0.25) is 0 Å². The zero-order chi connectivity index (χ0) is 15.4. The van der Waals surface area contributed by atoms with Crippen LogP contribution >= 0.6 is 0 Å². The van der Waals surface area contributed by atoms with Crippen molar-refractivity contribution in [2.75, 3.05) is 0 Å². The Labute approximate surface area is 131 Å². The lowest BCUT2D eigenvalue weighted by Gasteiger charge is -2.02. The maximum atomic E-state index is 11.1. The molecule has 23 heavy (non-hydrogen) atoms. The van der Waals surface area contributed by atoms with Crippen LogP contribution in [0.25, 0.3) is 27.7 Å². The number of rotatable bonds is 3. The van der Waals surface area contributed by atoms with Gasteiger partial charge in [0.1, 0.15) is 11.5 Å². The Morgan fingerprint density at radius 1 is 1.30 bits per heavy atom. The van der Waals surface area contributed by atoms with Crippen molar-refractivity contribution < 1.29 is 4.79 Å². The lowest BCUT2D eigenvalue weighted by molar-refractivity contribution is 0.112. The van der Waals surface area contributed by atoms with Crippen LogP contribution in [0.3, 0.4) is 0 Å². The van der Waals surface area contributed by atoms with Crippen molar-refractivity contribution in [2.45, 2.75) is 18.8 Å². The summed E-state index contributed by atoms with van der Waals surface area (Å²) in [5, 5.41) is 5.16. The highest BCUT2D eigenvalue weighted by molar-refractivity contribution is 5.95. The van der Waals surface area contributed by atoms with Gasteiger partial charge in [0.2, 0.25) is 0 Å². The summed E-state index contributed by atoms with van der Waals surface area (Å²) in [5.74, 6) is 1.46. The van der Waals surface area contributed by atoms with Crippen LogP contribution in [0.5, 0.6) is 0 Å². The molecule has 6 nitrogen and oxygen atoms in total. The molecule has 0 unspecified atom stereocenters. The van der Waals surface area contributed by atoms with E-state index in [1.165, 1.54) is 12.8 Å². The van der Waals surface area contributed by atoms with Crippen LogP contribution in [0, 0.1) is 0 Å². The molecular formula is C17H13N5O. The summed E-state index contributed by atoms with van der Waals surface area (Å²) in [6, 6.07) is 3.94. The highest BCUT2D eigenvalue weighted by Crippen LogP contribution is 2.38. The molecule has 5 rings (SSSR count). The summed E-state index contributed by atoms with van der Waals surface area (Å²) >= 11 is 0. The average molecular weight is 303 g/mol. The molecule has 1 N–H and O–H groups in total.